The molecule has 4 heteroatoms. The lowest BCUT2D eigenvalue weighted by Gasteiger charge is -1.99. The molecule has 0 fully saturated rings. The average Bonchev–Trinajstić information content (AvgIpc) is 2.81. The number of thiazole rings is 1. The highest BCUT2D eigenvalue weighted by molar-refractivity contribution is 7.11. The number of hydrogen-bond acceptors (Lipinski definition) is 3. The Kier molecular flexibility index (Phi) is 4.10. The molecular weight excluding hydrogens is 246 g/mol. The summed E-state index contributed by atoms with van der Waals surface area (Å²) in [6.07, 6.45) is 2.38. The summed E-state index contributed by atoms with van der Waals surface area (Å²) in [5.41, 5.74) is 1.45. The molecule has 1 N–H and O–H groups in total. The molecule has 0 radical (unpaired) electrons. The number of benzene rings is 1. The maximum atomic E-state index is 11.1. The first-order valence-electron chi connectivity index (χ1n) is 5.96. The van der Waals surface area contributed by atoms with E-state index in [0.717, 1.165) is 29.1 Å². The molecule has 0 saturated heterocycles. The van der Waals surface area contributed by atoms with Crippen LogP contribution in [0.4, 0.5) is 0 Å². The maximum absolute atomic E-state index is 11.1. The highest BCUT2D eigenvalue weighted by Crippen LogP contribution is 2.21. The van der Waals surface area contributed by atoms with Gasteiger partial charge in [0.1, 0.15) is 0 Å². The summed E-state index contributed by atoms with van der Waals surface area (Å²) >= 11 is 1.52. The van der Waals surface area contributed by atoms with Crippen molar-refractivity contribution in [2.75, 3.05) is 0 Å². The zero-order valence-electron chi connectivity index (χ0n) is 10.2. The van der Waals surface area contributed by atoms with Crippen molar-refractivity contribution >= 4 is 17.3 Å². The van der Waals surface area contributed by atoms with Crippen LogP contribution in [-0.4, -0.2) is 16.1 Å². The van der Waals surface area contributed by atoms with Crippen LogP contribution < -0.4 is 0 Å². The molecule has 2 rings (SSSR count). The summed E-state index contributed by atoms with van der Waals surface area (Å²) in [7, 11) is 0. The molecule has 0 bridgehead atoms. The van der Waals surface area contributed by atoms with Crippen molar-refractivity contribution in [3.05, 3.63) is 51.5 Å². The summed E-state index contributed by atoms with van der Waals surface area (Å²) in [5.74, 6) is -0.922. The van der Waals surface area contributed by atoms with Crippen LogP contribution in [0.1, 0.15) is 32.9 Å². The van der Waals surface area contributed by atoms with Crippen molar-refractivity contribution in [2.24, 2.45) is 0 Å². The number of carboxylic acid groups (broad SMARTS) is 1. The zero-order valence-corrected chi connectivity index (χ0v) is 11.0. The Morgan fingerprint density at radius 3 is 2.61 bits per heavy atom. The van der Waals surface area contributed by atoms with Gasteiger partial charge in [-0.3, -0.25) is 0 Å². The van der Waals surface area contributed by atoms with Gasteiger partial charge in [-0.25, -0.2) is 9.78 Å². The van der Waals surface area contributed by atoms with Gasteiger partial charge in [-0.1, -0.05) is 37.3 Å². The highest BCUT2D eigenvalue weighted by atomic mass is 32.1. The number of hydrogen-bond donors (Lipinski definition) is 1. The molecule has 0 saturated carbocycles. The van der Waals surface area contributed by atoms with Crippen molar-refractivity contribution in [1.29, 1.82) is 0 Å². The second-order valence-electron chi connectivity index (χ2n) is 4.02. The van der Waals surface area contributed by atoms with Gasteiger partial charge >= 0.3 is 5.97 Å². The summed E-state index contributed by atoms with van der Waals surface area (Å²) in [5, 5.41) is 10.0. The Hall–Kier alpha value is -1.68. The van der Waals surface area contributed by atoms with Crippen LogP contribution >= 0.6 is 11.3 Å². The first kappa shape index (κ1) is 12.8. The monoisotopic (exact) mass is 261 g/mol. The normalized spacial score (nSPS) is 10.5. The molecule has 2 aromatic rings. The summed E-state index contributed by atoms with van der Waals surface area (Å²) in [6, 6.07) is 10.1. The number of aryl methyl sites for hydroxylation is 3. The topological polar surface area (TPSA) is 50.2 Å². The van der Waals surface area contributed by atoms with Crippen molar-refractivity contribution in [3.63, 3.8) is 0 Å². The minimum absolute atomic E-state index is 0.229. The standard InChI is InChI=1S/C14H15NO2S/c1-2-12-15-13(14(16)17)11(18-12)9-8-10-6-4-3-5-7-10/h3-7H,2,8-9H2,1H3,(H,16,17). The number of aromatic nitrogens is 1. The Balaban J connectivity index is 2.13. The van der Waals surface area contributed by atoms with E-state index in [0.29, 0.717) is 0 Å². The van der Waals surface area contributed by atoms with Crippen LogP contribution in [0.15, 0.2) is 30.3 Å². The highest BCUT2D eigenvalue weighted by Gasteiger charge is 2.16. The van der Waals surface area contributed by atoms with Crippen molar-refractivity contribution < 1.29 is 9.90 Å². The second-order valence-corrected chi connectivity index (χ2v) is 5.19. The quantitative estimate of drug-likeness (QED) is 0.899. The molecule has 0 aliphatic carbocycles. The summed E-state index contributed by atoms with van der Waals surface area (Å²) in [4.78, 5) is 16.1. The lowest BCUT2D eigenvalue weighted by atomic mass is 10.1. The summed E-state index contributed by atoms with van der Waals surface area (Å²) < 4.78 is 0. The van der Waals surface area contributed by atoms with E-state index in [1.54, 1.807) is 0 Å². The predicted molar refractivity (Wildman–Crippen MR) is 72.3 cm³/mol. The fourth-order valence-corrected chi connectivity index (χ4v) is 2.79. The van der Waals surface area contributed by atoms with Gasteiger partial charge in [0.15, 0.2) is 5.69 Å². The predicted octanol–water partition coefficient (Wildman–Crippen LogP) is 3.19. The molecule has 0 aliphatic rings. The van der Waals surface area contributed by atoms with Crippen LogP contribution in [0.3, 0.4) is 0 Å². The van der Waals surface area contributed by atoms with Crippen LogP contribution in [-0.2, 0) is 19.3 Å². The third kappa shape index (κ3) is 2.96. The lowest BCUT2D eigenvalue weighted by Crippen LogP contribution is -2.02. The van der Waals surface area contributed by atoms with Gasteiger partial charge in [0.25, 0.3) is 0 Å². The van der Waals surface area contributed by atoms with E-state index in [4.69, 9.17) is 5.11 Å². The number of carbonyl (C=O) groups is 1. The Morgan fingerprint density at radius 2 is 2.00 bits per heavy atom. The van der Waals surface area contributed by atoms with E-state index in [1.165, 1.54) is 16.9 Å². The van der Waals surface area contributed by atoms with Crippen molar-refractivity contribution in [2.45, 2.75) is 26.2 Å². The number of nitrogens with zero attached hydrogens (tertiary/aromatic N) is 1. The van der Waals surface area contributed by atoms with Gasteiger partial charge in [0.2, 0.25) is 0 Å². The largest absolute Gasteiger partial charge is 0.476 e. The van der Waals surface area contributed by atoms with Crippen LogP contribution in [0.25, 0.3) is 0 Å². The molecule has 3 nitrogen and oxygen atoms in total. The molecule has 0 atom stereocenters. The van der Waals surface area contributed by atoms with E-state index in [2.05, 4.69) is 17.1 Å². The van der Waals surface area contributed by atoms with E-state index >= 15 is 0 Å². The van der Waals surface area contributed by atoms with E-state index < -0.39 is 5.97 Å². The second kappa shape index (κ2) is 5.78. The van der Waals surface area contributed by atoms with E-state index in [9.17, 15) is 4.79 Å². The molecule has 1 aromatic heterocycles. The Labute approximate surface area is 110 Å². The third-order valence-electron chi connectivity index (χ3n) is 2.73. The molecule has 0 unspecified atom stereocenters. The van der Waals surface area contributed by atoms with E-state index in [1.807, 2.05) is 25.1 Å². The average molecular weight is 261 g/mol. The van der Waals surface area contributed by atoms with Gasteiger partial charge in [-0.05, 0) is 24.8 Å². The van der Waals surface area contributed by atoms with Gasteiger partial charge < -0.3 is 5.11 Å². The third-order valence-corrected chi connectivity index (χ3v) is 3.99. The molecule has 18 heavy (non-hydrogen) atoms. The fourth-order valence-electron chi connectivity index (χ4n) is 1.79. The number of aromatic carboxylic acids is 1. The van der Waals surface area contributed by atoms with Crippen molar-refractivity contribution in [1.82, 2.24) is 4.98 Å². The molecule has 1 heterocycles. The minimum Gasteiger partial charge on any atom is -0.476 e. The molecule has 1 aromatic carbocycles. The van der Waals surface area contributed by atoms with Gasteiger partial charge in [0.05, 0.1) is 5.01 Å². The van der Waals surface area contributed by atoms with Crippen LogP contribution in [0.5, 0.6) is 0 Å². The Bertz CT molecular complexity index is 534. The van der Waals surface area contributed by atoms with E-state index in [-0.39, 0.29) is 5.69 Å². The first-order valence-corrected chi connectivity index (χ1v) is 6.78. The molecule has 0 spiro atoms. The van der Waals surface area contributed by atoms with Crippen LogP contribution in [0.2, 0.25) is 0 Å². The van der Waals surface area contributed by atoms with Crippen molar-refractivity contribution in [3.8, 4) is 0 Å². The van der Waals surface area contributed by atoms with Gasteiger partial charge in [0, 0.05) is 4.88 Å². The number of rotatable bonds is 5. The van der Waals surface area contributed by atoms with Gasteiger partial charge in [-0.2, -0.15) is 0 Å². The fraction of sp³-hybridized carbons (Fsp3) is 0.286. The molecular formula is C14H15NO2S. The molecule has 94 valence electrons. The van der Waals surface area contributed by atoms with Crippen LogP contribution in [0, 0.1) is 0 Å². The first-order chi connectivity index (χ1) is 8.70. The minimum atomic E-state index is -0.922. The maximum Gasteiger partial charge on any atom is 0.355 e. The number of carboxylic acids is 1. The Morgan fingerprint density at radius 1 is 1.28 bits per heavy atom. The molecule has 0 aliphatic heterocycles. The van der Waals surface area contributed by atoms with Gasteiger partial charge in [-0.15, -0.1) is 11.3 Å². The SMILES string of the molecule is CCc1nc(C(=O)O)c(CCc2ccccc2)s1. The summed E-state index contributed by atoms with van der Waals surface area (Å²) in [6.45, 7) is 1.99. The zero-order chi connectivity index (χ0) is 13.0. The smallest absolute Gasteiger partial charge is 0.355 e. The molecule has 0 amide bonds. The lowest BCUT2D eigenvalue weighted by molar-refractivity contribution is 0.0690.